The van der Waals surface area contributed by atoms with E-state index in [9.17, 15) is 14.4 Å². The van der Waals surface area contributed by atoms with Gasteiger partial charge in [-0.15, -0.1) is 0 Å². The van der Waals surface area contributed by atoms with Crippen LogP contribution in [0, 0.1) is 0 Å². The number of aromatic amines is 2. The maximum atomic E-state index is 12.0. The molecule has 22 heavy (non-hydrogen) atoms. The van der Waals surface area contributed by atoms with Crippen molar-refractivity contribution in [3.05, 3.63) is 30.9 Å². The number of nitrogens with one attached hydrogen (secondary N) is 3. The predicted octanol–water partition coefficient (Wildman–Crippen LogP) is -0.413. The van der Waals surface area contributed by atoms with Gasteiger partial charge >= 0.3 is 0 Å². The number of halogens is 1. The topological polar surface area (TPSA) is 142 Å². The summed E-state index contributed by atoms with van der Waals surface area (Å²) in [5.74, 6) is -0.151. The van der Waals surface area contributed by atoms with Gasteiger partial charge in [-0.05, 0) is 15.9 Å². The van der Waals surface area contributed by atoms with Crippen molar-refractivity contribution < 1.29 is 4.79 Å². The Morgan fingerprint density at radius 1 is 1.32 bits per heavy atom. The van der Waals surface area contributed by atoms with Crippen LogP contribution in [0.5, 0.6) is 0 Å². The van der Waals surface area contributed by atoms with Crippen LogP contribution in [0.2, 0.25) is 0 Å². The first kappa shape index (κ1) is 15.8. The number of carbonyl (C=O) groups is 1. The van der Waals surface area contributed by atoms with E-state index in [1.165, 1.54) is 9.58 Å². The highest BCUT2D eigenvalue weighted by Gasteiger charge is 2.22. The summed E-state index contributed by atoms with van der Waals surface area (Å²) in [6.45, 7) is 0. The molecule has 0 fully saturated rings. The van der Waals surface area contributed by atoms with E-state index in [4.69, 9.17) is 5.73 Å². The summed E-state index contributed by atoms with van der Waals surface area (Å²) in [4.78, 5) is 36.6. The Labute approximate surface area is 132 Å². The molecule has 118 valence electrons. The molecular weight excluding hydrogens is 358 g/mol. The van der Waals surface area contributed by atoms with Crippen LogP contribution in [0.3, 0.4) is 0 Å². The standard InChI is InChI=1S/C11H14BrN7O3/c1-18(2)11(22)7-5(13)8(19(3)17-7)14-6-4(12)9(20)15-16-10(6)21/h13H2,1-3H3,(H,16,21)(H2,14,15,20). The number of hydrogen-bond donors (Lipinski definition) is 4. The zero-order chi connectivity index (χ0) is 16.6. The van der Waals surface area contributed by atoms with Crippen molar-refractivity contribution in [1.29, 1.82) is 0 Å². The molecule has 0 spiro atoms. The van der Waals surface area contributed by atoms with Gasteiger partial charge in [0.25, 0.3) is 17.0 Å². The number of amides is 1. The van der Waals surface area contributed by atoms with Crippen LogP contribution in [0.4, 0.5) is 17.2 Å². The lowest BCUT2D eigenvalue weighted by Gasteiger charge is -2.09. The van der Waals surface area contributed by atoms with Crippen molar-refractivity contribution in [3.63, 3.8) is 0 Å². The van der Waals surface area contributed by atoms with E-state index in [0.29, 0.717) is 0 Å². The third-order valence-corrected chi connectivity index (χ3v) is 3.63. The van der Waals surface area contributed by atoms with Crippen molar-refractivity contribution >= 4 is 39.0 Å². The summed E-state index contributed by atoms with van der Waals surface area (Å²) in [5, 5.41) is 11.1. The number of nitrogen functional groups attached to an aromatic ring is 1. The molecule has 2 rings (SSSR count). The highest BCUT2D eigenvalue weighted by Crippen LogP contribution is 2.26. The van der Waals surface area contributed by atoms with Gasteiger partial charge < -0.3 is 16.0 Å². The first-order valence-corrected chi connectivity index (χ1v) is 6.85. The molecule has 1 amide bonds. The Balaban J connectivity index is 2.53. The maximum absolute atomic E-state index is 12.0. The van der Waals surface area contributed by atoms with Crippen molar-refractivity contribution in [3.8, 4) is 0 Å². The van der Waals surface area contributed by atoms with Crippen molar-refractivity contribution in [2.45, 2.75) is 0 Å². The minimum absolute atomic E-state index is 0.0114. The van der Waals surface area contributed by atoms with Crippen LogP contribution in [-0.2, 0) is 7.05 Å². The molecule has 0 aliphatic carbocycles. The summed E-state index contributed by atoms with van der Waals surface area (Å²) in [5.41, 5.74) is 4.92. The van der Waals surface area contributed by atoms with Crippen LogP contribution in [0.25, 0.3) is 0 Å². The first-order valence-electron chi connectivity index (χ1n) is 6.05. The number of carbonyl (C=O) groups excluding carboxylic acids is 1. The number of nitrogens with zero attached hydrogens (tertiary/aromatic N) is 3. The van der Waals surface area contributed by atoms with Crippen molar-refractivity contribution in [2.75, 3.05) is 25.1 Å². The van der Waals surface area contributed by atoms with Crippen LogP contribution in [0.1, 0.15) is 10.5 Å². The molecule has 0 bridgehead atoms. The Hall–Kier alpha value is -2.56. The van der Waals surface area contributed by atoms with Crippen LogP contribution < -0.4 is 22.2 Å². The third-order valence-electron chi connectivity index (χ3n) is 2.87. The van der Waals surface area contributed by atoms with Gasteiger partial charge in [-0.3, -0.25) is 24.6 Å². The van der Waals surface area contributed by atoms with Crippen LogP contribution >= 0.6 is 15.9 Å². The molecule has 0 saturated heterocycles. The fourth-order valence-electron chi connectivity index (χ4n) is 1.73. The molecule has 10 nitrogen and oxygen atoms in total. The quantitative estimate of drug-likeness (QED) is 0.577. The molecule has 2 aromatic heterocycles. The van der Waals surface area contributed by atoms with E-state index in [2.05, 4.69) is 36.5 Å². The number of hydrogen-bond acceptors (Lipinski definition) is 6. The average Bonchev–Trinajstić information content (AvgIpc) is 2.74. The number of anilines is 3. The fraction of sp³-hybridized carbons (Fsp3) is 0.273. The van der Waals surface area contributed by atoms with E-state index in [-0.39, 0.29) is 33.3 Å². The second-order valence-corrected chi connectivity index (χ2v) is 5.45. The zero-order valence-corrected chi connectivity index (χ0v) is 13.6. The molecule has 0 aliphatic heterocycles. The van der Waals surface area contributed by atoms with Crippen LogP contribution in [0.15, 0.2) is 14.1 Å². The summed E-state index contributed by atoms with van der Waals surface area (Å²) in [6, 6.07) is 0. The lowest BCUT2D eigenvalue weighted by atomic mass is 10.3. The highest BCUT2D eigenvalue weighted by molar-refractivity contribution is 9.10. The lowest BCUT2D eigenvalue weighted by molar-refractivity contribution is 0.0822. The van der Waals surface area contributed by atoms with Gasteiger partial charge in [0, 0.05) is 21.1 Å². The minimum Gasteiger partial charge on any atom is -0.394 e. The minimum atomic E-state index is -0.562. The number of aromatic nitrogens is 4. The molecule has 0 aliphatic rings. The number of H-pyrrole nitrogens is 2. The zero-order valence-electron chi connectivity index (χ0n) is 12.0. The van der Waals surface area contributed by atoms with Gasteiger partial charge in [-0.1, -0.05) is 0 Å². The molecule has 0 radical (unpaired) electrons. The van der Waals surface area contributed by atoms with E-state index >= 15 is 0 Å². The molecular formula is C11H14BrN7O3. The Morgan fingerprint density at radius 2 is 1.91 bits per heavy atom. The molecule has 0 saturated carbocycles. The monoisotopic (exact) mass is 371 g/mol. The number of nitrogens with two attached hydrogens (primary N) is 1. The SMILES string of the molecule is CN(C)C(=O)c1nn(C)c(Nc2c(Br)c(=O)[nH][nH]c2=O)c1N. The highest BCUT2D eigenvalue weighted by atomic mass is 79.9. The second-order valence-electron chi connectivity index (χ2n) is 4.66. The fourth-order valence-corrected chi connectivity index (χ4v) is 2.11. The largest absolute Gasteiger partial charge is 0.394 e. The summed E-state index contributed by atoms with van der Waals surface area (Å²) >= 11 is 3.02. The van der Waals surface area contributed by atoms with E-state index in [1.807, 2.05) is 0 Å². The number of aryl methyl sites for hydroxylation is 1. The molecule has 2 heterocycles. The number of rotatable bonds is 3. The Kier molecular flexibility index (Phi) is 4.08. The van der Waals surface area contributed by atoms with Gasteiger partial charge in [-0.2, -0.15) is 5.10 Å². The van der Waals surface area contributed by atoms with Crippen molar-refractivity contribution in [1.82, 2.24) is 24.9 Å². The van der Waals surface area contributed by atoms with Gasteiger partial charge in [-0.25, -0.2) is 4.68 Å². The predicted molar refractivity (Wildman–Crippen MR) is 84.3 cm³/mol. The Morgan fingerprint density at radius 3 is 2.50 bits per heavy atom. The normalized spacial score (nSPS) is 10.5. The molecule has 11 heteroatoms. The second kappa shape index (κ2) is 5.67. The Bertz CT molecular complexity index is 848. The lowest BCUT2D eigenvalue weighted by Crippen LogP contribution is -2.23. The molecule has 5 N–H and O–H groups in total. The van der Waals surface area contributed by atoms with Gasteiger partial charge in [0.15, 0.2) is 11.5 Å². The smallest absolute Gasteiger partial charge is 0.287 e. The van der Waals surface area contributed by atoms with Crippen molar-refractivity contribution in [2.24, 2.45) is 7.05 Å². The van der Waals surface area contributed by atoms with Gasteiger partial charge in [0.2, 0.25) is 0 Å². The summed E-state index contributed by atoms with van der Waals surface area (Å²) in [7, 11) is 4.70. The summed E-state index contributed by atoms with van der Waals surface area (Å²) in [6.07, 6.45) is 0. The van der Waals surface area contributed by atoms with Crippen LogP contribution in [-0.4, -0.2) is 44.9 Å². The van der Waals surface area contributed by atoms with E-state index in [1.54, 1.807) is 21.1 Å². The van der Waals surface area contributed by atoms with Gasteiger partial charge in [0.05, 0.1) is 0 Å². The summed E-state index contributed by atoms with van der Waals surface area (Å²) < 4.78 is 1.33. The molecule has 0 atom stereocenters. The molecule has 2 aromatic rings. The van der Waals surface area contributed by atoms with E-state index < -0.39 is 11.1 Å². The third kappa shape index (κ3) is 2.62. The molecule has 0 unspecified atom stereocenters. The maximum Gasteiger partial charge on any atom is 0.287 e. The first-order chi connectivity index (χ1) is 10.2. The average molecular weight is 372 g/mol. The molecule has 0 aromatic carbocycles. The van der Waals surface area contributed by atoms with E-state index in [0.717, 1.165) is 0 Å². The van der Waals surface area contributed by atoms with Gasteiger partial charge in [0.1, 0.15) is 15.8 Å².